The molecule has 7 heteroatoms. The van der Waals surface area contributed by atoms with Gasteiger partial charge in [0.2, 0.25) is 5.91 Å². The first-order chi connectivity index (χ1) is 15.3. The van der Waals surface area contributed by atoms with Gasteiger partial charge in [-0.2, -0.15) is 0 Å². The Kier molecular flexibility index (Phi) is 7.23. The second-order valence-electron chi connectivity index (χ2n) is 7.28. The van der Waals surface area contributed by atoms with E-state index in [1.807, 2.05) is 44.2 Å². The third-order valence-corrected chi connectivity index (χ3v) is 4.93. The van der Waals surface area contributed by atoms with E-state index in [0.29, 0.717) is 17.1 Å². The lowest BCUT2D eigenvalue weighted by Crippen LogP contribution is -2.40. The van der Waals surface area contributed by atoms with Gasteiger partial charge in [0.05, 0.1) is 5.56 Å². The monoisotopic (exact) mass is 432 g/mol. The number of carboxylic acid groups (broad SMARTS) is 1. The van der Waals surface area contributed by atoms with Gasteiger partial charge < -0.3 is 20.1 Å². The number of ether oxygens (including phenoxy) is 1. The molecule has 32 heavy (non-hydrogen) atoms. The number of para-hydroxylation sites is 1. The van der Waals surface area contributed by atoms with E-state index in [-0.39, 0.29) is 24.6 Å². The van der Waals surface area contributed by atoms with Crippen LogP contribution in [0.2, 0.25) is 0 Å². The van der Waals surface area contributed by atoms with Gasteiger partial charge >= 0.3 is 5.97 Å². The van der Waals surface area contributed by atoms with Crippen LogP contribution in [0.1, 0.15) is 21.5 Å². The van der Waals surface area contributed by atoms with Crippen molar-refractivity contribution < 1.29 is 24.2 Å². The standard InChI is InChI=1S/C25H24N2O5/c1-17-8-13-21(14-18(17)2)27(24(29)16-32-22-6-4-3-5-7-22)15-23(28)26-20-11-9-19(10-12-20)25(30)31/h3-14H,15-16H2,1-2H3,(H,26,28)(H,30,31). The molecule has 3 aromatic rings. The molecule has 0 aliphatic carbocycles. The third kappa shape index (κ3) is 5.95. The number of carboxylic acids is 1. The maximum Gasteiger partial charge on any atom is 0.335 e. The Labute approximate surface area is 186 Å². The fourth-order valence-electron chi connectivity index (χ4n) is 3.00. The molecule has 2 amide bonds. The molecule has 0 atom stereocenters. The highest BCUT2D eigenvalue weighted by Crippen LogP contribution is 2.20. The molecule has 0 unspecified atom stereocenters. The molecule has 7 nitrogen and oxygen atoms in total. The van der Waals surface area contributed by atoms with Crippen molar-refractivity contribution in [2.24, 2.45) is 0 Å². The fraction of sp³-hybridized carbons (Fsp3) is 0.160. The van der Waals surface area contributed by atoms with Gasteiger partial charge in [-0.25, -0.2) is 4.79 Å². The van der Waals surface area contributed by atoms with Crippen molar-refractivity contribution in [2.45, 2.75) is 13.8 Å². The highest BCUT2D eigenvalue weighted by molar-refractivity contribution is 6.03. The van der Waals surface area contributed by atoms with Crippen LogP contribution in [0, 0.1) is 13.8 Å². The summed E-state index contributed by atoms with van der Waals surface area (Å²) in [5.41, 5.74) is 3.21. The molecule has 0 saturated carbocycles. The average molecular weight is 432 g/mol. The van der Waals surface area contributed by atoms with Gasteiger partial charge in [-0.1, -0.05) is 24.3 Å². The van der Waals surface area contributed by atoms with Crippen molar-refractivity contribution in [1.29, 1.82) is 0 Å². The van der Waals surface area contributed by atoms with E-state index in [9.17, 15) is 14.4 Å². The summed E-state index contributed by atoms with van der Waals surface area (Å²) >= 11 is 0. The molecule has 3 aromatic carbocycles. The fourth-order valence-corrected chi connectivity index (χ4v) is 3.00. The molecule has 0 aliphatic heterocycles. The normalized spacial score (nSPS) is 10.3. The number of nitrogens with zero attached hydrogens (tertiary/aromatic N) is 1. The van der Waals surface area contributed by atoms with Crippen LogP contribution in [0.4, 0.5) is 11.4 Å². The van der Waals surface area contributed by atoms with Crippen LogP contribution in [0.25, 0.3) is 0 Å². The number of hydrogen-bond acceptors (Lipinski definition) is 4. The van der Waals surface area contributed by atoms with Gasteiger partial charge in [0, 0.05) is 11.4 Å². The molecule has 0 aromatic heterocycles. The topological polar surface area (TPSA) is 95.9 Å². The van der Waals surface area contributed by atoms with Crippen LogP contribution in [-0.4, -0.2) is 36.0 Å². The number of nitrogens with one attached hydrogen (secondary N) is 1. The Hall–Kier alpha value is -4.13. The van der Waals surface area contributed by atoms with Crippen LogP contribution in [-0.2, 0) is 9.59 Å². The Morgan fingerprint density at radius 1 is 0.906 bits per heavy atom. The van der Waals surface area contributed by atoms with Gasteiger partial charge in [0.15, 0.2) is 6.61 Å². The molecule has 0 bridgehead atoms. The van der Waals surface area contributed by atoms with Gasteiger partial charge in [-0.15, -0.1) is 0 Å². The number of rotatable bonds is 8. The summed E-state index contributed by atoms with van der Waals surface area (Å²) in [6, 6.07) is 20.3. The lowest BCUT2D eigenvalue weighted by atomic mass is 10.1. The number of carbonyl (C=O) groups excluding carboxylic acids is 2. The van der Waals surface area contributed by atoms with Crippen molar-refractivity contribution >= 4 is 29.2 Å². The molecular formula is C25H24N2O5. The Morgan fingerprint density at radius 2 is 1.59 bits per heavy atom. The van der Waals surface area contributed by atoms with Crippen molar-refractivity contribution in [3.63, 3.8) is 0 Å². The number of aromatic carboxylic acids is 1. The van der Waals surface area contributed by atoms with Gasteiger partial charge in [-0.3, -0.25) is 9.59 Å². The number of anilines is 2. The predicted molar refractivity (Wildman–Crippen MR) is 122 cm³/mol. The molecule has 0 spiro atoms. The largest absolute Gasteiger partial charge is 0.484 e. The van der Waals surface area contributed by atoms with Crippen LogP contribution < -0.4 is 15.0 Å². The Bertz CT molecular complexity index is 1110. The summed E-state index contributed by atoms with van der Waals surface area (Å²) < 4.78 is 5.58. The van der Waals surface area contributed by atoms with Crippen LogP contribution in [0.5, 0.6) is 5.75 Å². The lowest BCUT2D eigenvalue weighted by Gasteiger charge is -2.23. The van der Waals surface area contributed by atoms with E-state index in [1.165, 1.54) is 29.2 Å². The molecule has 0 fully saturated rings. The first kappa shape index (κ1) is 22.6. The molecule has 0 heterocycles. The first-order valence-electron chi connectivity index (χ1n) is 10.0. The van der Waals surface area contributed by atoms with Crippen molar-refractivity contribution in [1.82, 2.24) is 0 Å². The molecule has 0 saturated heterocycles. The molecule has 3 rings (SSSR count). The zero-order valence-corrected chi connectivity index (χ0v) is 17.9. The number of carbonyl (C=O) groups is 3. The van der Waals surface area contributed by atoms with E-state index in [2.05, 4.69) is 5.32 Å². The van der Waals surface area contributed by atoms with Gasteiger partial charge in [-0.05, 0) is 73.5 Å². The highest BCUT2D eigenvalue weighted by Gasteiger charge is 2.20. The predicted octanol–water partition coefficient (Wildman–Crippen LogP) is 4.05. The molecule has 0 radical (unpaired) electrons. The van der Waals surface area contributed by atoms with E-state index < -0.39 is 11.9 Å². The number of aryl methyl sites for hydroxylation is 2. The number of amides is 2. The Balaban J connectivity index is 1.75. The summed E-state index contributed by atoms with van der Waals surface area (Å²) in [6.45, 7) is 3.46. The summed E-state index contributed by atoms with van der Waals surface area (Å²) in [6.07, 6.45) is 0. The minimum atomic E-state index is -1.05. The minimum absolute atomic E-state index is 0.119. The summed E-state index contributed by atoms with van der Waals surface area (Å²) in [5.74, 6) is -1.27. The second-order valence-corrected chi connectivity index (χ2v) is 7.28. The molecule has 0 aliphatic rings. The van der Waals surface area contributed by atoms with E-state index in [0.717, 1.165) is 11.1 Å². The van der Waals surface area contributed by atoms with E-state index in [4.69, 9.17) is 9.84 Å². The van der Waals surface area contributed by atoms with Crippen LogP contribution in [0.15, 0.2) is 72.8 Å². The second kappa shape index (κ2) is 10.3. The summed E-state index contributed by atoms with van der Waals surface area (Å²) in [7, 11) is 0. The minimum Gasteiger partial charge on any atom is -0.484 e. The van der Waals surface area contributed by atoms with Crippen LogP contribution >= 0.6 is 0 Å². The first-order valence-corrected chi connectivity index (χ1v) is 10.0. The quantitative estimate of drug-likeness (QED) is 0.560. The van der Waals surface area contributed by atoms with E-state index >= 15 is 0 Å². The van der Waals surface area contributed by atoms with Crippen LogP contribution in [0.3, 0.4) is 0 Å². The number of hydrogen-bond donors (Lipinski definition) is 2. The molecule has 2 N–H and O–H groups in total. The zero-order chi connectivity index (χ0) is 23.1. The van der Waals surface area contributed by atoms with Gasteiger partial charge in [0.25, 0.3) is 5.91 Å². The average Bonchev–Trinajstić information content (AvgIpc) is 2.79. The molecule has 164 valence electrons. The van der Waals surface area contributed by atoms with Crippen molar-refractivity contribution in [3.05, 3.63) is 89.5 Å². The van der Waals surface area contributed by atoms with E-state index in [1.54, 1.807) is 18.2 Å². The smallest absolute Gasteiger partial charge is 0.335 e. The summed E-state index contributed by atoms with van der Waals surface area (Å²) in [4.78, 5) is 38.0. The van der Waals surface area contributed by atoms with Crippen molar-refractivity contribution in [3.8, 4) is 5.75 Å². The third-order valence-electron chi connectivity index (χ3n) is 4.93. The number of benzene rings is 3. The zero-order valence-electron chi connectivity index (χ0n) is 17.9. The SMILES string of the molecule is Cc1ccc(N(CC(=O)Nc2ccc(C(=O)O)cc2)C(=O)COc2ccccc2)cc1C. The lowest BCUT2D eigenvalue weighted by molar-refractivity contribution is -0.123. The Morgan fingerprint density at radius 3 is 2.22 bits per heavy atom. The maximum absolute atomic E-state index is 13.0. The highest BCUT2D eigenvalue weighted by atomic mass is 16.5. The molecular weight excluding hydrogens is 408 g/mol. The summed E-state index contributed by atoms with van der Waals surface area (Å²) in [5, 5.41) is 11.7. The van der Waals surface area contributed by atoms with Gasteiger partial charge in [0.1, 0.15) is 12.3 Å². The maximum atomic E-state index is 13.0. The van der Waals surface area contributed by atoms with Crippen molar-refractivity contribution in [2.75, 3.05) is 23.4 Å².